The minimum Gasteiger partial charge on any atom is -0.478 e. The summed E-state index contributed by atoms with van der Waals surface area (Å²) in [5.41, 5.74) is 1.64. The molecule has 2 aromatic carbocycles. The quantitative estimate of drug-likeness (QED) is 0.354. The maximum Gasteiger partial charge on any atom is 0.389 e. The van der Waals surface area contributed by atoms with Crippen LogP contribution in [0.15, 0.2) is 54.9 Å². The van der Waals surface area contributed by atoms with E-state index in [0.29, 0.717) is 22.0 Å². The van der Waals surface area contributed by atoms with E-state index in [1.807, 2.05) is 0 Å². The van der Waals surface area contributed by atoms with Gasteiger partial charge in [-0.05, 0) is 65.4 Å². The molecule has 3 aromatic rings. The number of amides is 1. The summed E-state index contributed by atoms with van der Waals surface area (Å²) in [5.74, 6) is -1.70. The van der Waals surface area contributed by atoms with Crippen molar-refractivity contribution in [1.29, 1.82) is 0 Å². The SMILES string of the molecule is O=C(/C=C/c1cc(Cl)ccc1-n1cnnn1)NC(CCC(F)(F)F)CNc1ccc(C(=O)O)cc1. The summed E-state index contributed by atoms with van der Waals surface area (Å²) in [5, 5.41) is 25.8. The lowest BCUT2D eigenvalue weighted by atomic mass is 10.1. The average molecular weight is 509 g/mol. The van der Waals surface area contributed by atoms with Gasteiger partial charge in [-0.15, -0.1) is 5.10 Å². The summed E-state index contributed by atoms with van der Waals surface area (Å²) >= 11 is 6.05. The molecule has 0 saturated carbocycles. The third kappa shape index (κ3) is 8.10. The molecule has 13 heteroatoms. The molecular formula is C22H20ClF3N6O3. The summed E-state index contributed by atoms with van der Waals surface area (Å²) in [6, 6.07) is 9.72. The van der Waals surface area contributed by atoms with Gasteiger partial charge in [-0.2, -0.15) is 17.9 Å². The zero-order chi connectivity index (χ0) is 25.4. The lowest BCUT2D eigenvalue weighted by Gasteiger charge is -2.20. The van der Waals surface area contributed by atoms with Gasteiger partial charge in [-0.3, -0.25) is 4.79 Å². The first-order valence-electron chi connectivity index (χ1n) is 10.3. The summed E-state index contributed by atoms with van der Waals surface area (Å²) in [6.07, 6.45) is -1.82. The fourth-order valence-electron chi connectivity index (χ4n) is 3.09. The van der Waals surface area contributed by atoms with E-state index in [2.05, 4.69) is 26.2 Å². The number of nitrogens with zero attached hydrogens (tertiary/aromatic N) is 4. The molecule has 1 atom stereocenters. The van der Waals surface area contributed by atoms with E-state index < -0.39 is 30.5 Å². The van der Waals surface area contributed by atoms with E-state index in [0.717, 1.165) is 0 Å². The number of aromatic nitrogens is 4. The number of tetrazole rings is 1. The van der Waals surface area contributed by atoms with E-state index in [1.165, 1.54) is 47.4 Å². The van der Waals surface area contributed by atoms with Crippen molar-refractivity contribution in [3.8, 4) is 5.69 Å². The van der Waals surface area contributed by atoms with Gasteiger partial charge in [0.25, 0.3) is 0 Å². The van der Waals surface area contributed by atoms with Gasteiger partial charge in [0.1, 0.15) is 6.33 Å². The second kappa shape index (κ2) is 11.5. The number of carboxylic acids is 1. The zero-order valence-corrected chi connectivity index (χ0v) is 18.8. The minimum atomic E-state index is -4.39. The lowest BCUT2D eigenvalue weighted by molar-refractivity contribution is -0.137. The summed E-state index contributed by atoms with van der Waals surface area (Å²) in [7, 11) is 0. The summed E-state index contributed by atoms with van der Waals surface area (Å²) in [6.45, 7) is -0.00484. The van der Waals surface area contributed by atoms with Crippen molar-refractivity contribution in [3.63, 3.8) is 0 Å². The Hall–Kier alpha value is -3.93. The Labute approximate surface area is 202 Å². The molecule has 1 aromatic heterocycles. The van der Waals surface area contributed by atoms with E-state index in [-0.39, 0.29) is 18.5 Å². The van der Waals surface area contributed by atoms with Gasteiger partial charge in [-0.25, -0.2) is 4.79 Å². The van der Waals surface area contributed by atoms with Crippen LogP contribution in [0, 0.1) is 0 Å². The monoisotopic (exact) mass is 508 g/mol. The highest BCUT2D eigenvalue weighted by atomic mass is 35.5. The fourth-order valence-corrected chi connectivity index (χ4v) is 3.27. The van der Waals surface area contributed by atoms with Gasteiger partial charge in [0, 0.05) is 41.4 Å². The molecule has 0 aliphatic rings. The third-order valence-corrected chi connectivity index (χ3v) is 5.04. The van der Waals surface area contributed by atoms with Crippen LogP contribution in [0.25, 0.3) is 11.8 Å². The first-order valence-corrected chi connectivity index (χ1v) is 10.6. The second-order valence-corrected chi connectivity index (χ2v) is 7.85. The van der Waals surface area contributed by atoms with E-state index in [9.17, 15) is 22.8 Å². The Morgan fingerprint density at radius 2 is 1.91 bits per heavy atom. The number of nitrogens with one attached hydrogen (secondary N) is 2. The first-order chi connectivity index (χ1) is 16.6. The first kappa shape index (κ1) is 25.7. The topological polar surface area (TPSA) is 122 Å². The number of carboxylic acid groups (broad SMARTS) is 1. The van der Waals surface area contributed by atoms with Gasteiger partial charge in [0.2, 0.25) is 5.91 Å². The van der Waals surface area contributed by atoms with Gasteiger partial charge >= 0.3 is 12.1 Å². The largest absolute Gasteiger partial charge is 0.478 e. The van der Waals surface area contributed by atoms with Crippen molar-refractivity contribution in [3.05, 3.63) is 71.0 Å². The molecule has 1 amide bonds. The summed E-state index contributed by atoms with van der Waals surface area (Å²) < 4.78 is 39.7. The smallest absolute Gasteiger partial charge is 0.389 e. The molecule has 1 heterocycles. The van der Waals surface area contributed by atoms with Crippen LogP contribution in [0.3, 0.4) is 0 Å². The van der Waals surface area contributed by atoms with E-state index in [1.54, 1.807) is 18.2 Å². The van der Waals surface area contributed by atoms with Gasteiger partial charge in [0.05, 0.1) is 11.3 Å². The number of carbonyl (C=O) groups excluding carboxylic acids is 1. The Kier molecular flexibility index (Phi) is 8.42. The molecule has 1 unspecified atom stereocenters. The van der Waals surface area contributed by atoms with Crippen LogP contribution >= 0.6 is 11.6 Å². The molecule has 0 bridgehead atoms. The average Bonchev–Trinajstić information content (AvgIpc) is 3.34. The molecule has 0 aliphatic carbocycles. The van der Waals surface area contributed by atoms with Crippen molar-refractivity contribution in [2.75, 3.05) is 11.9 Å². The minimum absolute atomic E-state index is 0.00484. The molecule has 0 radical (unpaired) electrons. The van der Waals surface area contributed by atoms with Crippen LogP contribution in [0.4, 0.5) is 18.9 Å². The molecule has 0 aliphatic heterocycles. The molecule has 9 nitrogen and oxygen atoms in total. The van der Waals surface area contributed by atoms with Crippen LogP contribution in [0.2, 0.25) is 5.02 Å². The molecule has 3 rings (SSSR count). The molecular weight excluding hydrogens is 489 g/mol. The lowest BCUT2D eigenvalue weighted by Crippen LogP contribution is -2.39. The molecule has 0 saturated heterocycles. The Bertz CT molecular complexity index is 1180. The predicted octanol–water partition coefficient (Wildman–Crippen LogP) is 3.97. The Balaban J connectivity index is 1.68. The normalized spacial score (nSPS) is 12.5. The highest BCUT2D eigenvalue weighted by Crippen LogP contribution is 2.23. The molecule has 35 heavy (non-hydrogen) atoms. The Morgan fingerprint density at radius 1 is 1.17 bits per heavy atom. The van der Waals surface area contributed by atoms with Crippen LogP contribution in [-0.2, 0) is 4.79 Å². The van der Waals surface area contributed by atoms with E-state index in [4.69, 9.17) is 16.7 Å². The van der Waals surface area contributed by atoms with Crippen LogP contribution in [0.1, 0.15) is 28.8 Å². The number of anilines is 1. The van der Waals surface area contributed by atoms with Gasteiger partial charge in [0.15, 0.2) is 0 Å². The number of aromatic carboxylic acids is 1. The highest BCUT2D eigenvalue weighted by molar-refractivity contribution is 6.30. The molecule has 0 spiro atoms. The molecule has 0 fully saturated rings. The number of benzene rings is 2. The second-order valence-electron chi connectivity index (χ2n) is 7.41. The number of halogens is 4. The Morgan fingerprint density at radius 3 is 2.54 bits per heavy atom. The number of carbonyl (C=O) groups is 2. The maximum absolute atomic E-state index is 12.8. The molecule has 184 valence electrons. The van der Waals surface area contributed by atoms with Crippen LogP contribution in [-0.4, -0.2) is 56.0 Å². The third-order valence-electron chi connectivity index (χ3n) is 4.81. The van der Waals surface area contributed by atoms with Crippen LogP contribution in [0.5, 0.6) is 0 Å². The van der Waals surface area contributed by atoms with Gasteiger partial charge in [-0.1, -0.05) is 11.6 Å². The number of hydrogen-bond donors (Lipinski definition) is 3. The van der Waals surface area contributed by atoms with Crippen LogP contribution < -0.4 is 10.6 Å². The fraction of sp³-hybridized carbons (Fsp3) is 0.227. The van der Waals surface area contributed by atoms with Crippen molar-refractivity contribution < 1.29 is 27.9 Å². The number of alkyl halides is 3. The standard InChI is InChI=1S/C22H20ClF3N6O3/c23-16-4-7-19(32-13-28-30-31-32)15(11-16)3-8-20(33)29-18(9-10-22(24,25)26)12-27-17-5-1-14(2-6-17)21(34)35/h1-8,11,13,18,27H,9-10,12H2,(H,29,33)(H,34,35)/b8-3+. The molecule has 3 N–H and O–H groups in total. The highest BCUT2D eigenvalue weighted by Gasteiger charge is 2.28. The number of hydrogen-bond acceptors (Lipinski definition) is 6. The van der Waals surface area contributed by atoms with Crippen molar-refractivity contribution >= 4 is 35.2 Å². The van der Waals surface area contributed by atoms with E-state index >= 15 is 0 Å². The van der Waals surface area contributed by atoms with Crippen molar-refractivity contribution in [1.82, 2.24) is 25.5 Å². The van der Waals surface area contributed by atoms with Gasteiger partial charge < -0.3 is 15.7 Å². The summed E-state index contributed by atoms with van der Waals surface area (Å²) in [4.78, 5) is 23.5. The predicted molar refractivity (Wildman–Crippen MR) is 122 cm³/mol. The van der Waals surface area contributed by atoms with Crippen molar-refractivity contribution in [2.45, 2.75) is 25.1 Å². The maximum atomic E-state index is 12.8. The van der Waals surface area contributed by atoms with Crippen molar-refractivity contribution in [2.24, 2.45) is 0 Å². The zero-order valence-electron chi connectivity index (χ0n) is 18.0. The number of rotatable bonds is 10.